The zero-order valence-electron chi connectivity index (χ0n) is 2.39. The molecule has 2 nitrogen and oxygen atoms in total. The van der Waals surface area contributed by atoms with Gasteiger partial charge in [-0.3, -0.25) is 0 Å². The SMILES string of the molecule is C.N#CC#N.S. The summed E-state index contributed by atoms with van der Waals surface area (Å²) in [5.41, 5.74) is 0. The Hall–Kier alpha value is -0.670. The van der Waals surface area contributed by atoms with Crippen molar-refractivity contribution in [2.24, 2.45) is 0 Å². The molecule has 0 N–H and O–H groups in total. The maximum Gasteiger partial charge on any atom is 0.181 e. The summed E-state index contributed by atoms with van der Waals surface area (Å²) >= 11 is 0. The highest BCUT2D eigenvalue weighted by molar-refractivity contribution is 7.59. The van der Waals surface area contributed by atoms with Crippen LogP contribution in [0.25, 0.3) is 0 Å². The molecule has 0 saturated carbocycles. The van der Waals surface area contributed by atoms with Crippen molar-refractivity contribution in [1.29, 1.82) is 10.5 Å². The van der Waals surface area contributed by atoms with Gasteiger partial charge >= 0.3 is 0 Å². The van der Waals surface area contributed by atoms with Gasteiger partial charge in [0.1, 0.15) is 0 Å². The third kappa shape index (κ3) is 166. The maximum absolute atomic E-state index is 7.26. The van der Waals surface area contributed by atoms with E-state index in [-0.39, 0.29) is 20.9 Å². The highest BCUT2D eigenvalue weighted by atomic mass is 32.1. The molecule has 0 heterocycles. The van der Waals surface area contributed by atoms with Gasteiger partial charge in [-0.15, -0.1) is 0 Å². The molecule has 0 atom stereocenters. The van der Waals surface area contributed by atoms with Crippen LogP contribution in [-0.2, 0) is 0 Å². The molecule has 0 bridgehead atoms. The average molecular weight is 102 g/mol. The lowest BCUT2D eigenvalue weighted by Crippen LogP contribution is -1.26. The first kappa shape index (κ1) is 18.4. The second-order valence-electron chi connectivity index (χ2n) is 0.224. The number of hydrogen-bond donors (Lipinski definition) is 0. The minimum absolute atomic E-state index is 0. The van der Waals surface area contributed by atoms with Crippen LogP contribution in [0.4, 0.5) is 0 Å². The van der Waals surface area contributed by atoms with Crippen LogP contribution >= 0.6 is 13.5 Å². The van der Waals surface area contributed by atoms with Crippen molar-refractivity contribution in [3.63, 3.8) is 0 Å². The molecule has 6 heavy (non-hydrogen) atoms. The summed E-state index contributed by atoms with van der Waals surface area (Å²) in [7, 11) is 0. The molecule has 0 saturated heterocycles. The number of nitrogens with zero attached hydrogens (tertiary/aromatic N) is 2. The molecular weight excluding hydrogens is 96.1 g/mol. The van der Waals surface area contributed by atoms with Gasteiger partial charge in [0, 0.05) is 0 Å². The monoisotopic (exact) mass is 102 g/mol. The van der Waals surface area contributed by atoms with Crippen LogP contribution in [0.3, 0.4) is 0 Å². The van der Waals surface area contributed by atoms with E-state index in [0.29, 0.717) is 0 Å². The van der Waals surface area contributed by atoms with Crippen molar-refractivity contribution in [2.45, 2.75) is 7.43 Å². The second kappa shape index (κ2) is 27.1. The van der Waals surface area contributed by atoms with E-state index >= 15 is 0 Å². The lowest BCUT2D eigenvalue weighted by atomic mass is 10.9. The molecule has 0 aliphatic carbocycles. The van der Waals surface area contributed by atoms with Gasteiger partial charge in [-0.1, -0.05) is 7.43 Å². The van der Waals surface area contributed by atoms with Gasteiger partial charge in [0.05, 0.1) is 0 Å². The Kier molecular flexibility index (Phi) is 83.3. The van der Waals surface area contributed by atoms with E-state index in [9.17, 15) is 0 Å². The van der Waals surface area contributed by atoms with E-state index in [1.54, 1.807) is 0 Å². The van der Waals surface area contributed by atoms with E-state index in [2.05, 4.69) is 0 Å². The topological polar surface area (TPSA) is 47.6 Å². The smallest absolute Gasteiger partial charge is 0.181 e. The quantitative estimate of drug-likeness (QED) is 0.453. The van der Waals surface area contributed by atoms with Crippen molar-refractivity contribution >= 4 is 13.5 Å². The Labute approximate surface area is 44.5 Å². The van der Waals surface area contributed by atoms with Crippen molar-refractivity contribution < 1.29 is 0 Å². The Bertz CT molecular complexity index is 63.8. The van der Waals surface area contributed by atoms with Crippen LogP contribution in [-0.4, -0.2) is 0 Å². The Balaban J connectivity index is -0.0000000450. The van der Waals surface area contributed by atoms with E-state index in [4.69, 9.17) is 10.5 Å². The number of hydrogen-bond acceptors (Lipinski definition) is 2. The molecule has 0 rings (SSSR count). The van der Waals surface area contributed by atoms with Gasteiger partial charge in [0.25, 0.3) is 0 Å². The van der Waals surface area contributed by atoms with Gasteiger partial charge < -0.3 is 0 Å². The fourth-order valence-corrected chi connectivity index (χ4v) is 0. The molecule has 0 spiro atoms. The molecule has 3 heteroatoms. The summed E-state index contributed by atoms with van der Waals surface area (Å²) in [6.45, 7) is 0. The average Bonchev–Trinajstić information content (AvgIpc) is 1.37. The van der Waals surface area contributed by atoms with Gasteiger partial charge in [0.2, 0.25) is 0 Å². The second-order valence-corrected chi connectivity index (χ2v) is 0.224. The van der Waals surface area contributed by atoms with Gasteiger partial charge in [-0.25, -0.2) is 0 Å². The van der Waals surface area contributed by atoms with E-state index in [1.807, 2.05) is 0 Å². The summed E-state index contributed by atoms with van der Waals surface area (Å²) in [4.78, 5) is 0. The van der Waals surface area contributed by atoms with Crippen LogP contribution < -0.4 is 0 Å². The van der Waals surface area contributed by atoms with E-state index < -0.39 is 0 Å². The zero-order valence-corrected chi connectivity index (χ0v) is 3.39. The molecule has 0 aromatic carbocycles. The standard InChI is InChI=1S/C2N2.CH4.H2S/c3-1-2-4;;/h;1H4;1H2. The Morgan fingerprint density at radius 3 is 1.17 bits per heavy atom. The maximum atomic E-state index is 7.26. The summed E-state index contributed by atoms with van der Waals surface area (Å²) in [6, 6.07) is 2.47. The van der Waals surface area contributed by atoms with Crippen molar-refractivity contribution in [2.75, 3.05) is 0 Å². The Morgan fingerprint density at radius 1 is 1.00 bits per heavy atom. The summed E-state index contributed by atoms with van der Waals surface area (Å²) in [6.07, 6.45) is 0. The lowest BCUT2D eigenvalue weighted by molar-refractivity contribution is 1.49. The van der Waals surface area contributed by atoms with Gasteiger partial charge in [0.15, 0.2) is 12.1 Å². The predicted molar refractivity (Wildman–Crippen MR) is 28.3 cm³/mol. The number of nitriles is 2. The first-order valence-corrected chi connectivity index (χ1v) is 0.697. The van der Waals surface area contributed by atoms with Crippen LogP contribution in [0.15, 0.2) is 0 Å². The third-order valence-electron chi connectivity index (χ3n) is 0.0500. The first-order chi connectivity index (χ1) is 1.91. The van der Waals surface area contributed by atoms with Crippen LogP contribution in [0, 0.1) is 22.7 Å². The van der Waals surface area contributed by atoms with Crippen molar-refractivity contribution in [1.82, 2.24) is 0 Å². The van der Waals surface area contributed by atoms with Crippen LogP contribution in [0.1, 0.15) is 7.43 Å². The fourth-order valence-electron chi connectivity index (χ4n) is 0. The van der Waals surface area contributed by atoms with Gasteiger partial charge in [-0.05, 0) is 0 Å². The molecule has 0 fully saturated rings. The molecule has 0 amide bonds. The lowest BCUT2D eigenvalue weighted by Gasteiger charge is -1.16. The molecule has 0 unspecified atom stereocenters. The summed E-state index contributed by atoms with van der Waals surface area (Å²) in [5.74, 6) is 0. The summed E-state index contributed by atoms with van der Waals surface area (Å²) < 4.78 is 0. The highest BCUT2D eigenvalue weighted by Gasteiger charge is 1.39. The zero-order chi connectivity index (χ0) is 3.41. The molecule has 0 aromatic heterocycles. The van der Waals surface area contributed by atoms with Gasteiger partial charge in [-0.2, -0.15) is 24.0 Å². The van der Waals surface area contributed by atoms with Crippen molar-refractivity contribution in [3.05, 3.63) is 0 Å². The minimum atomic E-state index is 0. The fraction of sp³-hybridized carbons (Fsp3) is 0.333. The van der Waals surface area contributed by atoms with Crippen LogP contribution in [0.5, 0.6) is 0 Å². The molecular formula is C3H6N2S. The molecule has 0 aromatic rings. The van der Waals surface area contributed by atoms with E-state index in [1.165, 1.54) is 12.1 Å². The molecule has 0 aliphatic heterocycles. The van der Waals surface area contributed by atoms with Crippen LogP contribution in [0.2, 0.25) is 0 Å². The minimum Gasteiger partial charge on any atom is -0.197 e. The van der Waals surface area contributed by atoms with E-state index in [0.717, 1.165) is 0 Å². The number of rotatable bonds is 0. The predicted octanol–water partition coefficient (Wildman–Crippen LogP) is 0.782. The highest BCUT2D eigenvalue weighted by Crippen LogP contribution is 1.27. The molecule has 0 radical (unpaired) electrons. The van der Waals surface area contributed by atoms with Crippen molar-refractivity contribution in [3.8, 4) is 12.1 Å². The largest absolute Gasteiger partial charge is 0.197 e. The third-order valence-corrected chi connectivity index (χ3v) is 0.0500. The Morgan fingerprint density at radius 2 is 1.17 bits per heavy atom. The normalized spacial score (nSPS) is 1.67. The molecule has 34 valence electrons. The first-order valence-electron chi connectivity index (χ1n) is 0.697. The summed E-state index contributed by atoms with van der Waals surface area (Å²) in [5, 5.41) is 14.5. The molecule has 0 aliphatic rings.